The Bertz CT molecular complexity index is 2780. The molecule has 3 aromatic heterocycles. The van der Waals surface area contributed by atoms with E-state index in [4.69, 9.17) is 4.98 Å². The monoisotopic (exact) mass is 619 g/mol. The third-order valence-electron chi connectivity index (χ3n) is 9.27. The second kappa shape index (κ2) is 10.1. The van der Waals surface area contributed by atoms with E-state index in [0.717, 1.165) is 16.8 Å². The average Bonchev–Trinajstić information content (AvgIpc) is 3.64. The lowest BCUT2D eigenvalue weighted by Crippen LogP contribution is -1.86. The number of fused-ring (bicyclic) bond motifs is 8. The summed E-state index contributed by atoms with van der Waals surface area (Å²) in [6, 6.07) is 53.1. The van der Waals surface area contributed by atoms with Crippen LogP contribution in [0.5, 0.6) is 0 Å². The molecule has 0 spiro atoms. The van der Waals surface area contributed by atoms with Crippen LogP contribution in [0.1, 0.15) is 0 Å². The zero-order valence-corrected chi connectivity index (χ0v) is 26.3. The van der Waals surface area contributed by atoms with Gasteiger partial charge in [0.05, 0.1) is 15.1 Å². The smallest absolute Gasteiger partial charge is 0.0702 e. The van der Waals surface area contributed by atoms with E-state index in [-0.39, 0.29) is 0 Å². The molecular weight excluding hydrogens is 595 g/mol. The van der Waals surface area contributed by atoms with Crippen LogP contribution in [0.15, 0.2) is 152 Å². The molecule has 0 aliphatic heterocycles. The quantitative estimate of drug-likeness (QED) is 0.192. The van der Waals surface area contributed by atoms with Gasteiger partial charge in [-0.3, -0.25) is 4.98 Å². The minimum Gasteiger partial charge on any atom is -0.256 e. The number of thiophene rings is 2. The first kappa shape index (κ1) is 25.9. The number of hydrogen-bond donors (Lipinski definition) is 0. The van der Waals surface area contributed by atoms with Gasteiger partial charge < -0.3 is 0 Å². The van der Waals surface area contributed by atoms with E-state index in [0.29, 0.717) is 0 Å². The van der Waals surface area contributed by atoms with Gasteiger partial charge in [-0.15, -0.1) is 22.7 Å². The van der Waals surface area contributed by atoms with Gasteiger partial charge in [0, 0.05) is 37.5 Å². The maximum Gasteiger partial charge on any atom is 0.0702 e. The SMILES string of the molecule is c1ccc2cc(-c3ccc(-c4ccc(-c5ccc6cc7c(cc6c5)sc5c6cc8ccccc8cc6sc75)cn4)cc3)ccc2c1. The fourth-order valence-corrected chi connectivity index (χ4v) is 9.50. The zero-order valence-electron chi connectivity index (χ0n) is 24.7. The summed E-state index contributed by atoms with van der Waals surface area (Å²) in [4.78, 5) is 4.87. The minimum atomic E-state index is 0.981. The fourth-order valence-electron chi connectivity index (χ4n) is 6.80. The van der Waals surface area contributed by atoms with Crippen LogP contribution in [-0.4, -0.2) is 4.98 Å². The highest BCUT2D eigenvalue weighted by molar-refractivity contribution is 7.36. The number of nitrogens with zero attached hydrogens (tertiary/aromatic N) is 1. The van der Waals surface area contributed by atoms with E-state index in [2.05, 4.69) is 146 Å². The minimum absolute atomic E-state index is 0.981. The van der Waals surface area contributed by atoms with Crippen LogP contribution in [0, 0.1) is 0 Å². The number of aromatic nitrogens is 1. The molecule has 0 saturated carbocycles. The molecule has 0 aliphatic carbocycles. The van der Waals surface area contributed by atoms with Gasteiger partial charge in [-0.25, -0.2) is 0 Å². The standard InChI is InChI=1S/C43H25NS2/c1-2-6-29-19-32(14-11-26(29)5-1)27-9-12-28(13-10-27)39-18-17-35(25-44-39)33-15-16-34-22-38-41(24-36(34)20-33)46-42-37-21-30-7-3-4-8-31(30)23-40(37)45-43(38)42/h1-25H. The summed E-state index contributed by atoms with van der Waals surface area (Å²) in [7, 11) is 0. The molecule has 10 aromatic rings. The Morgan fingerprint density at radius 2 is 0.826 bits per heavy atom. The molecule has 0 unspecified atom stereocenters. The van der Waals surface area contributed by atoms with Crippen LogP contribution in [0.4, 0.5) is 0 Å². The number of benzene rings is 7. The van der Waals surface area contributed by atoms with Crippen LogP contribution >= 0.6 is 22.7 Å². The summed E-state index contributed by atoms with van der Waals surface area (Å²) in [5.74, 6) is 0. The summed E-state index contributed by atoms with van der Waals surface area (Å²) < 4.78 is 5.53. The van der Waals surface area contributed by atoms with Crippen LogP contribution in [-0.2, 0) is 0 Å². The molecule has 1 nitrogen and oxygen atoms in total. The maximum atomic E-state index is 4.87. The summed E-state index contributed by atoms with van der Waals surface area (Å²) in [5.41, 5.74) is 6.86. The summed E-state index contributed by atoms with van der Waals surface area (Å²) >= 11 is 3.84. The Hall–Kier alpha value is -5.35. The average molecular weight is 620 g/mol. The summed E-state index contributed by atoms with van der Waals surface area (Å²) in [6.45, 7) is 0. The highest BCUT2D eigenvalue weighted by atomic mass is 32.1. The van der Waals surface area contributed by atoms with Gasteiger partial charge in [-0.1, -0.05) is 103 Å². The van der Waals surface area contributed by atoms with Gasteiger partial charge in [-0.2, -0.15) is 0 Å². The van der Waals surface area contributed by atoms with Crippen molar-refractivity contribution in [1.82, 2.24) is 4.98 Å². The molecule has 0 bridgehead atoms. The molecule has 7 aromatic carbocycles. The van der Waals surface area contributed by atoms with E-state index in [1.54, 1.807) is 0 Å². The Labute approximate surface area is 273 Å². The first-order valence-electron chi connectivity index (χ1n) is 15.5. The van der Waals surface area contributed by atoms with Crippen molar-refractivity contribution in [2.45, 2.75) is 0 Å². The highest BCUT2D eigenvalue weighted by Crippen LogP contribution is 2.46. The predicted octanol–water partition coefficient (Wildman–Crippen LogP) is 13.1. The number of hydrogen-bond acceptors (Lipinski definition) is 3. The molecule has 0 saturated heterocycles. The summed E-state index contributed by atoms with van der Waals surface area (Å²) in [6.07, 6.45) is 2.00. The fraction of sp³-hybridized carbons (Fsp3) is 0. The molecule has 46 heavy (non-hydrogen) atoms. The normalized spacial score (nSPS) is 11.9. The van der Waals surface area contributed by atoms with Crippen molar-refractivity contribution in [3.8, 4) is 33.5 Å². The van der Waals surface area contributed by atoms with E-state index in [1.165, 1.54) is 78.6 Å². The molecule has 0 fully saturated rings. The predicted molar refractivity (Wildman–Crippen MR) is 201 cm³/mol. The van der Waals surface area contributed by atoms with Gasteiger partial charge in [0.15, 0.2) is 0 Å². The zero-order chi connectivity index (χ0) is 30.2. The van der Waals surface area contributed by atoms with Crippen molar-refractivity contribution in [2.75, 3.05) is 0 Å². The van der Waals surface area contributed by atoms with Crippen molar-refractivity contribution in [3.63, 3.8) is 0 Å². The second-order valence-corrected chi connectivity index (χ2v) is 14.1. The van der Waals surface area contributed by atoms with Gasteiger partial charge in [0.2, 0.25) is 0 Å². The van der Waals surface area contributed by atoms with E-state index >= 15 is 0 Å². The van der Waals surface area contributed by atoms with Crippen LogP contribution < -0.4 is 0 Å². The van der Waals surface area contributed by atoms with E-state index in [1.807, 2.05) is 28.9 Å². The van der Waals surface area contributed by atoms with Gasteiger partial charge in [0.25, 0.3) is 0 Å². The Kier molecular flexibility index (Phi) is 5.68. The molecule has 0 aliphatic rings. The van der Waals surface area contributed by atoms with Gasteiger partial charge in [-0.05, 0) is 91.5 Å². The van der Waals surface area contributed by atoms with Crippen LogP contribution in [0.25, 0.3) is 95.4 Å². The molecule has 3 heterocycles. The molecule has 10 rings (SSSR count). The molecule has 0 N–H and O–H groups in total. The molecule has 3 heteroatoms. The topological polar surface area (TPSA) is 12.9 Å². The molecular formula is C43H25NS2. The van der Waals surface area contributed by atoms with Crippen molar-refractivity contribution >= 4 is 84.6 Å². The Morgan fingerprint density at radius 3 is 1.50 bits per heavy atom. The van der Waals surface area contributed by atoms with Crippen molar-refractivity contribution in [2.24, 2.45) is 0 Å². The number of rotatable bonds is 3. The molecule has 0 atom stereocenters. The van der Waals surface area contributed by atoms with Crippen LogP contribution in [0.2, 0.25) is 0 Å². The van der Waals surface area contributed by atoms with Crippen LogP contribution in [0.3, 0.4) is 0 Å². The van der Waals surface area contributed by atoms with E-state index < -0.39 is 0 Å². The Morgan fingerprint density at radius 1 is 0.348 bits per heavy atom. The van der Waals surface area contributed by atoms with Gasteiger partial charge in [0.1, 0.15) is 0 Å². The molecule has 0 amide bonds. The highest BCUT2D eigenvalue weighted by Gasteiger charge is 2.14. The lowest BCUT2D eigenvalue weighted by Gasteiger charge is -2.08. The lowest BCUT2D eigenvalue weighted by atomic mass is 9.99. The maximum absolute atomic E-state index is 4.87. The van der Waals surface area contributed by atoms with Gasteiger partial charge >= 0.3 is 0 Å². The number of pyridine rings is 1. The van der Waals surface area contributed by atoms with Crippen molar-refractivity contribution < 1.29 is 0 Å². The van der Waals surface area contributed by atoms with Crippen molar-refractivity contribution in [3.05, 3.63) is 152 Å². The second-order valence-electron chi connectivity index (χ2n) is 12.0. The van der Waals surface area contributed by atoms with Crippen molar-refractivity contribution in [1.29, 1.82) is 0 Å². The first-order valence-corrected chi connectivity index (χ1v) is 17.1. The third-order valence-corrected chi connectivity index (χ3v) is 11.8. The lowest BCUT2D eigenvalue weighted by molar-refractivity contribution is 1.33. The molecule has 0 radical (unpaired) electrons. The first-order chi connectivity index (χ1) is 22.7. The molecule has 214 valence electrons. The largest absolute Gasteiger partial charge is 0.256 e. The summed E-state index contributed by atoms with van der Waals surface area (Å²) in [5, 5.41) is 10.4. The third kappa shape index (κ3) is 4.17. The van der Waals surface area contributed by atoms with E-state index in [9.17, 15) is 0 Å². The Balaban J connectivity index is 0.964.